The first kappa shape index (κ1) is 25.6. The second-order valence-corrected chi connectivity index (χ2v) is 11.3. The van der Waals surface area contributed by atoms with Gasteiger partial charge in [0.05, 0.1) is 32.0 Å². The van der Waals surface area contributed by atoms with E-state index < -0.39 is 12.0 Å². The molecule has 0 radical (unpaired) electrons. The molecule has 1 aliphatic heterocycles. The number of halogens is 2. The highest BCUT2D eigenvalue weighted by molar-refractivity contribution is 14.1. The summed E-state index contributed by atoms with van der Waals surface area (Å²) in [5, 5.41) is 10.6. The number of ether oxygens (including phenoxy) is 1. The zero-order valence-electron chi connectivity index (χ0n) is 19.5. The van der Waals surface area contributed by atoms with E-state index in [-0.39, 0.29) is 17.9 Å². The van der Waals surface area contributed by atoms with Gasteiger partial charge in [0.25, 0.3) is 5.56 Å². The van der Waals surface area contributed by atoms with Crippen molar-refractivity contribution < 1.29 is 14.6 Å². The second-order valence-electron chi connectivity index (χ2n) is 8.17. The van der Waals surface area contributed by atoms with E-state index in [0.717, 1.165) is 15.6 Å². The number of benzene rings is 3. The van der Waals surface area contributed by atoms with Gasteiger partial charge in [-0.3, -0.25) is 9.36 Å². The van der Waals surface area contributed by atoms with Gasteiger partial charge in [-0.2, -0.15) is 0 Å². The largest absolute Gasteiger partial charge is 0.506 e. The number of hydrogen-bond acceptors (Lipinski definition) is 6. The Morgan fingerprint density at radius 1 is 1.16 bits per heavy atom. The van der Waals surface area contributed by atoms with Crippen LogP contribution in [-0.4, -0.2) is 22.2 Å². The van der Waals surface area contributed by atoms with Crippen LogP contribution >= 0.6 is 49.9 Å². The van der Waals surface area contributed by atoms with Crippen molar-refractivity contribution in [1.29, 1.82) is 0 Å². The Hall–Kier alpha value is -3.02. The summed E-state index contributed by atoms with van der Waals surface area (Å²) in [7, 11) is 0. The predicted octanol–water partition coefficient (Wildman–Crippen LogP) is 5.01. The third kappa shape index (κ3) is 4.95. The van der Waals surface area contributed by atoms with E-state index in [2.05, 4.69) is 15.9 Å². The van der Waals surface area contributed by atoms with Gasteiger partial charge >= 0.3 is 5.97 Å². The highest BCUT2D eigenvalue weighted by Gasteiger charge is 2.35. The summed E-state index contributed by atoms with van der Waals surface area (Å²) in [6.45, 7) is 1.94. The Balaban J connectivity index is 1.84. The molecular formula is C28H20BrIN2O4S. The Morgan fingerprint density at radius 3 is 2.51 bits per heavy atom. The summed E-state index contributed by atoms with van der Waals surface area (Å²) in [5.74, 6) is -0.432. The van der Waals surface area contributed by atoms with Crippen LogP contribution in [0, 0.1) is 3.57 Å². The Morgan fingerprint density at radius 2 is 1.84 bits per heavy atom. The van der Waals surface area contributed by atoms with E-state index in [1.54, 1.807) is 29.7 Å². The third-order valence-corrected chi connectivity index (χ3v) is 8.10. The molecule has 0 aliphatic carbocycles. The minimum Gasteiger partial charge on any atom is -0.506 e. The maximum absolute atomic E-state index is 13.9. The fraction of sp³-hybridized carbons (Fsp3) is 0.107. The Bertz CT molecular complexity index is 1710. The molecule has 1 N–H and O–H groups in total. The lowest BCUT2D eigenvalue weighted by molar-refractivity contribution is -0.138. The molecule has 2 heterocycles. The molecule has 0 saturated heterocycles. The lowest BCUT2D eigenvalue weighted by Crippen LogP contribution is -2.40. The van der Waals surface area contributed by atoms with Crippen molar-refractivity contribution in [3.05, 3.63) is 123 Å². The van der Waals surface area contributed by atoms with Gasteiger partial charge in [-0.25, -0.2) is 9.79 Å². The van der Waals surface area contributed by atoms with E-state index in [1.807, 2.05) is 83.3 Å². The summed E-state index contributed by atoms with van der Waals surface area (Å²) >= 11 is 6.72. The number of phenolic OH excluding ortho intramolecular Hbond substituents is 1. The molecule has 0 bridgehead atoms. The first-order valence-electron chi connectivity index (χ1n) is 11.4. The molecule has 9 heteroatoms. The van der Waals surface area contributed by atoms with E-state index >= 15 is 0 Å². The molecule has 3 aromatic carbocycles. The van der Waals surface area contributed by atoms with Crippen LogP contribution < -0.4 is 14.9 Å². The zero-order chi connectivity index (χ0) is 26.1. The van der Waals surface area contributed by atoms with Crippen molar-refractivity contribution in [3.63, 3.8) is 0 Å². The van der Waals surface area contributed by atoms with Crippen LogP contribution in [0.3, 0.4) is 0 Å². The number of thiazole rings is 1. The van der Waals surface area contributed by atoms with Crippen molar-refractivity contribution >= 4 is 67.6 Å². The Labute approximate surface area is 238 Å². The van der Waals surface area contributed by atoms with Crippen molar-refractivity contribution in [2.45, 2.75) is 13.0 Å². The number of hydrogen-bond donors (Lipinski definition) is 1. The van der Waals surface area contributed by atoms with Crippen LogP contribution in [0.5, 0.6) is 5.75 Å². The lowest BCUT2D eigenvalue weighted by atomic mass is 9.93. The maximum Gasteiger partial charge on any atom is 0.338 e. The summed E-state index contributed by atoms with van der Waals surface area (Å²) in [4.78, 5) is 32.6. The lowest BCUT2D eigenvalue weighted by Gasteiger charge is -2.25. The molecule has 6 nitrogen and oxygen atoms in total. The average molecular weight is 687 g/mol. The van der Waals surface area contributed by atoms with Gasteiger partial charge in [0.15, 0.2) is 4.80 Å². The highest BCUT2D eigenvalue weighted by atomic mass is 127. The minimum atomic E-state index is -0.731. The normalized spacial score (nSPS) is 15.3. The maximum atomic E-state index is 13.9. The second kappa shape index (κ2) is 10.8. The topological polar surface area (TPSA) is 80.9 Å². The molecule has 1 aromatic heterocycles. The van der Waals surface area contributed by atoms with Crippen LogP contribution in [0.25, 0.3) is 11.8 Å². The molecule has 1 aliphatic rings. The highest BCUT2D eigenvalue weighted by Crippen LogP contribution is 2.35. The minimum absolute atomic E-state index is 0.0893. The molecule has 0 amide bonds. The van der Waals surface area contributed by atoms with Gasteiger partial charge in [-0.1, -0.05) is 87.9 Å². The number of aromatic nitrogens is 1. The van der Waals surface area contributed by atoms with Crippen LogP contribution in [0.15, 0.2) is 92.6 Å². The van der Waals surface area contributed by atoms with Crippen molar-refractivity contribution in [1.82, 2.24) is 4.57 Å². The average Bonchev–Trinajstić information content (AvgIpc) is 3.21. The van der Waals surface area contributed by atoms with Gasteiger partial charge in [-0.05, 0) is 53.3 Å². The van der Waals surface area contributed by atoms with Crippen molar-refractivity contribution in [2.75, 3.05) is 6.61 Å². The fourth-order valence-corrected chi connectivity index (χ4v) is 6.77. The van der Waals surface area contributed by atoms with Gasteiger partial charge in [0.2, 0.25) is 0 Å². The van der Waals surface area contributed by atoms with E-state index in [9.17, 15) is 14.7 Å². The van der Waals surface area contributed by atoms with Gasteiger partial charge in [0, 0.05) is 15.6 Å². The number of rotatable bonds is 5. The SMILES string of the molecule is CCOC(=O)C1=C(c2ccccc2)N=c2s/c(=C\c3cc(Br)cc(I)c3O)c(=O)n2[C@H]1c1ccccc1. The van der Waals surface area contributed by atoms with Gasteiger partial charge in [-0.15, -0.1) is 0 Å². The van der Waals surface area contributed by atoms with Gasteiger partial charge in [0.1, 0.15) is 5.75 Å². The molecule has 4 aromatic rings. The molecule has 0 saturated carbocycles. The fourth-order valence-electron chi connectivity index (χ4n) is 4.23. The third-order valence-electron chi connectivity index (χ3n) is 5.83. The predicted molar refractivity (Wildman–Crippen MR) is 156 cm³/mol. The first-order chi connectivity index (χ1) is 17.9. The van der Waals surface area contributed by atoms with Gasteiger partial charge < -0.3 is 9.84 Å². The summed E-state index contributed by atoms with van der Waals surface area (Å²) in [6, 6.07) is 21.6. The molecule has 186 valence electrons. The summed E-state index contributed by atoms with van der Waals surface area (Å²) in [5.41, 5.74) is 2.50. The number of aromatic hydroxyl groups is 1. The summed E-state index contributed by atoms with van der Waals surface area (Å²) in [6.07, 6.45) is 1.66. The smallest absolute Gasteiger partial charge is 0.338 e. The molecule has 0 spiro atoms. The first-order valence-corrected chi connectivity index (χ1v) is 14.1. The quantitative estimate of drug-likeness (QED) is 0.237. The van der Waals surface area contributed by atoms with Crippen molar-refractivity contribution in [2.24, 2.45) is 4.99 Å². The molecule has 0 unspecified atom stereocenters. The number of phenols is 1. The Kier molecular flexibility index (Phi) is 7.45. The molecular weight excluding hydrogens is 667 g/mol. The van der Waals surface area contributed by atoms with Crippen molar-refractivity contribution in [3.8, 4) is 5.75 Å². The number of carbonyl (C=O) groups excluding carboxylic acids is 1. The summed E-state index contributed by atoms with van der Waals surface area (Å²) < 4.78 is 8.85. The van der Waals surface area contributed by atoms with E-state index in [1.165, 1.54) is 11.3 Å². The van der Waals surface area contributed by atoms with Crippen LogP contribution in [0.4, 0.5) is 0 Å². The van der Waals surface area contributed by atoms with Crippen LogP contribution in [0.1, 0.15) is 29.7 Å². The van der Waals surface area contributed by atoms with Crippen LogP contribution in [0.2, 0.25) is 0 Å². The standard InChI is InChI=1S/C28H20BrIN2O4S/c1-2-36-27(35)22-23(16-9-5-3-6-10-16)31-28-32(24(22)17-11-7-4-8-12-17)26(34)21(37-28)14-18-13-19(29)15-20(30)25(18)33/h3-15,24,33H,2H2,1H3/b21-14-/t24-/m0/s1. The number of esters is 1. The molecule has 5 rings (SSSR count). The monoisotopic (exact) mass is 686 g/mol. The number of fused-ring (bicyclic) bond motifs is 1. The zero-order valence-corrected chi connectivity index (χ0v) is 24.1. The molecule has 37 heavy (non-hydrogen) atoms. The van der Waals surface area contributed by atoms with E-state index in [4.69, 9.17) is 9.73 Å². The number of nitrogens with zero attached hydrogens (tertiary/aromatic N) is 2. The number of carbonyl (C=O) groups is 1. The molecule has 0 fully saturated rings. The molecule has 1 atom stereocenters. The van der Waals surface area contributed by atoms with Crippen LogP contribution in [-0.2, 0) is 9.53 Å². The van der Waals surface area contributed by atoms with E-state index in [0.29, 0.717) is 29.7 Å².